The second-order valence-corrected chi connectivity index (χ2v) is 4.52. The van der Waals surface area contributed by atoms with Gasteiger partial charge in [-0.1, -0.05) is 30.3 Å². The van der Waals surface area contributed by atoms with Gasteiger partial charge in [-0.05, 0) is 12.5 Å². The molecule has 0 saturated carbocycles. The largest absolute Gasteiger partial charge is 0.326 e. The topological polar surface area (TPSA) is 69.6 Å². The first-order valence-electron chi connectivity index (χ1n) is 6.41. The number of nitrogens with zero attached hydrogens (tertiary/aromatic N) is 4. The minimum Gasteiger partial charge on any atom is -0.326 e. The lowest BCUT2D eigenvalue weighted by Gasteiger charge is -2.04. The molecule has 0 unspecified atom stereocenters. The fourth-order valence-corrected chi connectivity index (χ4v) is 2.00. The molecule has 1 aromatic carbocycles. The molecule has 3 aromatic rings. The van der Waals surface area contributed by atoms with E-state index in [0.717, 1.165) is 22.4 Å². The molecule has 100 valence electrons. The van der Waals surface area contributed by atoms with Crippen LogP contribution in [0.3, 0.4) is 0 Å². The molecular weight excluding hydrogens is 250 g/mol. The molecule has 0 aliphatic rings. The summed E-state index contributed by atoms with van der Waals surface area (Å²) in [6.45, 7) is 2.37. The molecule has 0 bridgehead atoms. The Morgan fingerprint density at radius 3 is 2.60 bits per heavy atom. The molecule has 20 heavy (non-hydrogen) atoms. The van der Waals surface area contributed by atoms with Crippen LogP contribution in [-0.4, -0.2) is 19.7 Å². The molecule has 5 nitrogen and oxygen atoms in total. The van der Waals surface area contributed by atoms with E-state index in [0.29, 0.717) is 12.5 Å². The highest BCUT2D eigenvalue weighted by molar-refractivity contribution is 5.61. The predicted octanol–water partition coefficient (Wildman–Crippen LogP) is 2.10. The Bertz CT molecular complexity index is 718. The molecule has 2 aromatic heterocycles. The van der Waals surface area contributed by atoms with Crippen molar-refractivity contribution in [3.63, 3.8) is 0 Å². The van der Waals surface area contributed by atoms with Crippen LogP contribution in [0, 0.1) is 6.92 Å². The van der Waals surface area contributed by atoms with Crippen molar-refractivity contribution < 1.29 is 0 Å². The van der Waals surface area contributed by atoms with Crippen LogP contribution >= 0.6 is 0 Å². The summed E-state index contributed by atoms with van der Waals surface area (Å²) in [5.74, 6) is 0.557. The summed E-state index contributed by atoms with van der Waals surface area (Å²) in [4.78, 5) is 8.73. The Morgan fingerprint density at radius 1 is 1.10 bits per heavy atom. The summed E-state index contributed by atoms with van der Waals surface area (Å²) in [6, 6.07) is 10.1. The van der Waals surface area contributed by atoms with Gasteiger partial charge >= 0.3 is 0 Å². The van der Waals surface area contributed by atoms with Gasteiger partial charge in [0.15, 0.2) is 0 Å². The van der Waals surface area contributed by atoms with Crippen molar-refractivity contribution in [2.45, 2.75) is 13.5 Å². The molecule has 2 heterocycles. The fraction of sp³-hybridized carbons (Fsp3) is 0.133. The van der Waals surface area contributed by atoms with Crippen LogP contribution < -0.4 is 5.73 Å². The van der Waals surface area contributed by atoms with Crippen LogP contribution in [0.4, 0.5) is 0 Å². The maximum atomic E-state index is 5.62. The van der Waals surface area contributed by atoms with Gasteiger partial charge in [0, 0.05) is 35.8 Å². The van der Waals surface area contributed by atoms with Crippen molar-refractivity contribution in [1.82, 2.24) is 19.7 Å². The third-order valence-electron chi connectivity index (χ3n) is 3.18. The average Bonchev–Trinajstić information content (AvgIpc) is 2.98. The highest BCUT2D eigenvalue weighted by atomic mass is 15.3. The van der Waals surface area contributed by atoms with Crippen LogP contribution in [0.15, 0.2) is 48.9 Å². The number of aromatic nitrogens is 4. The first-order valence-corrected chi connectivity index (χ1v) is 6.41. The monoisotopic (exact) mass is 265 g/mol. The predicted molar refractivity (Wildman–Crippen MR) is 77.2 cm³/mol. The van der Waals surface area contributed by atoms with Gasteiger partial charge in [0.05, 0.1) is 6.20 Å². The molecule has 3 rings (SSSR count). The number of aryl methyl sites for hydroxylation is 1. The quantitative estimate of drug-likeness (QED) is 0.787. The maximum absolute atomic E-state index is 5.62. The highest BCUT2D eigenvalue weighted by Crippen LogP contribution is 2.18. The van der Waals surface area contributed by atoms with Gasteiger partial charge in [0.2, 0.25) is 0 Å². The number of rotatable bonds is 3. The van der Waals surface area contributed by atoms with Gasteiger partial charge in [0.25, 0.3) is 5.95 Å². The lowest BCUT2D eigenvalue weighted by atomic mass is 10.1. The van der Waals surface area contributed by atoms with Crippen LogP contribution in [0.1, 0.15) is 11.3 Å². The van der Waals surface area contributed by atoms with Crippen LogP contribution in [0.5, 0.6) is 0 Å². The molecule has 0 atom stereocenters. The number of nitrogens with two attached hydrogens (primary N) is 1. The van der Waals surface area contributed by atoms with Crippen molar-refractivity contribution in [1.29, 1.82) is 0 Å². The van der Waals surface area contributed by atoms with Crippen molar-refractivity contribution in [2.24, 2.45) is 5.73 Å². The lowest BCUT2D eigenvalue weighted by molar-refractivity contribution is 0.791. The molecular formula is C15H15N5. The SMILES string of the molecule is Cc1nc(-n2cc(-c3ccccc3)cn2)ncc1CN. The molecule has 0 spiro atoms. The Balaban J connectivity index is 1.96. The summed E-state index contributed by atoms with van der Waals surface area (Å²) < 4.78 is 1.68. The first kappa shape index (κ1) is 12.5. The standard InChI is InChI=1S/C15H15N5/c1-11-13(7-16)8-17-15(19-11)20-10-14(9-18-20)12-5-3-2-4-6-12/h2-6,8-10H,7,16H2,1H3. The minimum absolute atomic E-state index is 0.445. The fourth-order valence-electron chi connectivity index (χ4n) is 2.00. The zero-order valence-electron chi connectivity index (χ0n) is 11.2. The Hall–Kier alpha value is -2.53. The molecule has 0 aliphatic carbocycles. The Labute approximate surface area is 117 Å². The number of hydrogen-bond donors (Lipinski definition) is 1. The van der Waals surface area contributed by atoms with E-state index in [4.69, 9.17) is 5.73 Å². The van der Waals surface area contributed by atoms with Gasteiger partial charge in [0.1, 0.15) is 0 Å². The van der Waals surface area contributed by atoms with E-state index < -0.39 is 0 Å². The van der Waals surface area contributed by atoms with E-state index in [1.165, 1.54) is 0 Å². The molecule has 0 radical (unpaired) electrons. The molecule has 0 fully saturated rings. The van der Waals surface area contributed by atoms with E-state index in [1.54, 1.807) is 10.9 Å². The van der Waals surface area contributed by atoms with Crippen LogP contribution in [0.2, 0.25) is 0 Å². The van der Waals surface area contributed by atoms with Crippen molar-refractivity contribution in [3.8, 4) is 17.1 Å². The van der Waals surface area contributed by atoms with E-state index >= 15 is 0 Å². The van der Waals surface area contributed by atoms with Crippen molar-refractivity contribution in [3.05, 3.63) is 60.2 Å². The zero-order valence-corrected chi connectivity index (χ0v) is 11.2. The summed E-state index contributed by atoms with van der Waals surface area (Å²) in [5.41, 5.74) is 9.61. The van der Waals surface area contributed by atoms with Crippen molar-refractivity contribution >= 4 is 0 Å². The van der Waals surface area contributed by atoms with Crippen LogP contribution in [-0.2, 0) is 6.54 Å². The highest BCUT2D eigenvalue weighted by Gasteiger charge is 2.07. The molecule has 0 amide bonds. The van der Waals surface area contributed by atoms with Gasteiger partial charge in [-0.2, -0.15) is 5.10 Å². The van der Waals surface area contributed by atoms with E-state index in [-0.39, 0.29) is 0 Å². The van der Waals surface area contributed by atoms with E-state index in [1.807, 2.05) is 49.6 Å². The number of hydrogen-bond acceptors (Lipinski definition) is 4. The molecule has 5 heteroatoms. The Kier molecular flexibility index (Phi) is 3.26. The summed E-state index contributed by atoms with van der Waals surface area (Å²) in [7, 11) is 0. The molecule has 2 N–H and O–H groups in total. The second-order valence-electron chi connectivity index (χ2n) is 4.52. The van der Waals surface area contributed by atoms with Gasteiger partial charge in [-0.15, -0.1) is 0 Å². The number of benzene rings is 1. The van der Waals surface area contributed by atoms with Gasteiger partial charge in [-0.25, -0.2) is 14.6 Å². The second kappa shape index (κ2) is 5.22. The third kappa shape index (κ3) is 2.31. The summed E-state index contributed by atoms with van der Waals surface area (Å²) in [6.07, 6.45) is 5.48. The third-order valence-corrected chi connectivity index (χ3v) is 3.18. The summed E-state index contributed by atoms with van der Waals surface area (Å²) >= 11 is 0. The lowest BCUT2D eigenvalue weighted by Crippen LogP contribution is -2.07. The molecule has 0 aliphatic heterocycles. The van der Waals surface area contributed by atoms with E-state index in [9.17, 15) is 0 Å². The van der Waals surface area contributed by atoms with Crippen molar-refractivity contribution in [2.75, 3.05) is 0 Å². The minimum atomic E-state index is 0.445. The van der Waals surface area contributed by atoms with E-state index in [2.05, 4.69) is 15.1 Å². The smallest absolute Gasteiger partial charge is 0.250 e. The summed E-state index contributed by atoms with van der Waals surface area (Å²) in [5, 5.41) is 4.32. The Morgan fingerprint density at radius 2 is 1.90 bits per heavy atom. The van der Waals surface area contributed by atoms with Crippen LogP contribution in [0.25, 0.3) is 17.1 Å². The van der Waals surface area contributed by atoms with Gasteiger partial charge < -0.3 is 5.73 Å². The zero-order chi connectivity index (χ0) is 13.9. The van der Waals surface area contributed by atoms with Gasteiger partial charge in [-0.3, -0.25) is 0 Å². The first-order chi connectivity index (χ1) is 9.78. The average molecular weight is 265 g/mol. The molecule has 0 saturated heterocycles. The maximum Gasteiger partial charge on any atom is 0.250 e. The normalized spacial score (nSPS) is 10.7.